The van der Waals surface area contributed by atoms with Crippen molar-refractivity contribution in [1.29, 1.82) is 5.41 Å². The normalized spacial score (nSPS) is 12.0. The second-order valence-electron chi connectivity index (χ2n) is 7.85. The topological polar surface area (TPSA) is 223 Å². The van der Waals surface area contributed by atoms with Crippen molar-refractivity contribution < 1.29 is 28.0 Å². The van der Waals surface area contributed by atoms with Crippen molar-refractivity contribution in [2.45, 2.75) is 30.3 Å². The van der Waals surface area contributed by atoms with Gasteiger partial charge in [-0.15, -0.1) is 0 Å². The summed E-state index contributed by atoms with van der Waals surface area (Å²) in [5, 5.41) is 31.2. The van der Waals surface area contributed by atoms with Crippen LogP contribution in [0.1, 0.15) is 18.4 Å². The Morgan fingerprint density at radius 3 is 2.35 bits per heavy atom. The van der Waals surface area contributed by atoms with Crippen LogP contribution in [0.15, 0.2) is 41.3 Å². The van der Waals surface area contributed by atoms with Gasteiger partial charge in [0, 0.05) is 35.3 Å². The molecule has 0 saturated heterocycles. The van der Waals surface area contributed by atoms with Crippen LogP contribution in [-0.4, -0.2) is 59.5 Å². The number of nitrogens with two attached hydrogens (primary N) is 2. The molecule has 1 unspecified atom stereocenters. The number of rotatable bonds is 12. The molecule has 0 spiro atoms. The number of aliphatic carboxylic acids is 1. The smallest absolute Gasteiger partial charge is 0.320 e. The number of nitrogens with zero attached hydrogens (tertiary/aromatic N) is 2. The Morgan fingerprint density at radius 1 is 1.19 bits per heavy atom. The fraction of sp³-hybridized carbons (Fsp3) is 0.286. The number of benzene rings is 2. The Bertz CT molecular complexity index is 1300. The highest BCUT2D eigenvalue weighted by Crippen LogP contribution is 2.29. The first-order valence-electron chi connectivity index (χ1n) is 10.5. The lowest BCUT2D eigenvalue weighted by Crippen LogP contribution is -2.45. The van der Waals surface area contributed by atoms with Gasteiger partial charge in [-0.1, -0.05) is 23.2 Å². The Kier molecular flexibility index (Phi) is 10.2. The number of nitro groups is 1. The highest BCUT2D eigenvalue weighted by molar-refractivity contribution is 7.92. The van der Waals surface area contributed by atoms with Crippen molar-refractivity contribution >= 4 is 62.2 Å². The largest absolute Gasteiger partial charge is 0.480 e. The van der Waals surface area contributed by atoms with Crippen molar-refractivity contribution in [2.75, 3.05) is 17.6 Å². The van der Waals surface area contributed by atoms with Gasteiger partial charge in [0.05, 0.1) is 15.5 Å². The monoisotopic (exact) mass is 574 g/mol. The molecule has 0 saturated carbocycles. The maximum absolute atomic E-state index is 13.2. The van der Waals surface area contributed by atoms with E-state index in [0.29, 0.717) is 20.5 Å². The summed E-state index contributed by atoms with van der Waals surface area (Å²) in [7, 11) is -4.39. The predicted molar refractivity (Wildman–Crippen MR) is 137 cm³/mol. The number of carboxylic acid groups (broad SMARTS) is 1. The number of sulfone groups is 1. The van der Waals surface area contributed by atoms with Gasteiger partial charge in [-0.05, 0) is 42.7 Å². The van der Waals surface area contributed by atoms with E-state index in [9.17, 15) is 28.1 Å². The number of nitro benzene ring substituents is 1. The van der Waals surface area contributed by atoms with Crippen molar-refractivity contribution in [3.8, 4) is 0 Å². The number of anilines is 1. The fourth-order valence-corrected chi connectivity index (χ4v) is 5.19. The zero-order valence-electron chi connectivity index (χ0n) is 19.2. The SMILES string of the molecule is N=C(N)N(CCCC(N)C(=O)O)C(=O)CS(=O)(=O)c1ccc([N+](=O)[O-])cc1NCc1cc(Cl)cc(Cl)c1. The summed E-state index contributed by atoms with van der Waals surface area (Å²) in [6.45, 7) is -0.229. The molecule has 0 bridgehead atoms. The quantitative estimate of drug-likeness (QED) is 0.107. The van der Waals surface area contributed by atoms with Crippen molar-refractivity contribution in [1.82, 2.24) is 4.90 Å². The molecule has 200 valence electrons. The van der Waals surface area contributed by atoms with Gasteiger partial charge in [-0.25, -0.2) is 8.42 Å². The van der Waals surface area contributed by atoms with Gasteiger partial charge in [0.2, 0.25) is 5.91 Å². The Hall–Kier alpha value is -3.46. The van der Waals surface area contributed by atoms with Crippen LogP contribution in [0, 0.1) is 15.5 Å². The van der Waals surface area contributed by atoms with Crippen LogP contribution in [0.2, 0.25) is 10.0 Å². The van der Waals surface area contributed by atoms with Crippen LogP contribution < -0.4 is 16.8 Å². The number of carbonyl (C=O) groups is 2. The molecule has 2 rings (SSSR count). The lowest BCUT2D eigenvalue weighted by Gasteiger charge is -2.21. The number of non-ortho nitro benzene ring substituents is 1. The summed E-state index contributed by atoms with van der Waals surface area (Å²) < 4.78 is 26.3. The second-order valence-corrected chi connectivity index (χ2v) is 10.7. The van der Waals surface area contributed by atoms with Crippen LogP contribution in [-0.2, 0) is 26.0 Å². The van der Waals surface area contributed by atoms with Crippen LogP contribution in [0.25, 0.3) is 0 Å². The molecule has 0 aliphatic rings. The number of carboxylic acids is 1. The number of guanidine groups is 1. The molecule has 13 nitrogen and oxygen atoms in total. The number of nitrogens with one attached hydrogen (secondary N) is 2. The minimum Gasteiger partial charge on any atom is -0.480 e. The number of halogens is 2. The van der Waals surface area contributed by atoms with Crippen LogP contribution >= 0.6 is 23.2 Å². The minimum atomic E-state index is -4.39. The third kappa shape index (κ3) is 8.56. The van der Waals surface area contributed by atoms with E-state index in [0.717, 1.165) is 18.2 Å². The molecule has 1 amide bonds. The van der Waals surface area contributed by atoms with E-state index in [1.165, 1.54) is 6.07 Å². The first-order chi connectivity index (χ1) is 17.2. The summed E-state index contributed by atoms with van der Waals surface area (Å²) in [6, 6.07) is 6.42. The molecule has 2 aromatic rings. The Labute approximate surface area is 221 Å². The van der Waals surface area contributed by atoms with E-state index >= 15 is 0 Å². The van der Waals surface area contributed by atoms with E-state index in [2.05, 4.69) is 5.32 Å². The van der Waals surface area contributed by atoms with Crippen LogP contribution in [0.3, 0.4) is 0 Å². The van der Waals surface area contributed by atoms with Crippen LogP contribution in [0.5, 0.6) is 0 Å². The molecule has 0 aliphatic heterocycles. The Morgan fingerprint density at radius 2 is 1.81 bits per heavy atom. The highest BCUT2D eigenvalue weighted by atomic mass is 35.5. The van der Waals surface area contributed by atoms with Gasteiger partial charge in [0.25, 0.3) is 5.69 Å². The van der Waals surface area contributed by atoms with E-state index < -0.39 is 55.0 Å². The average Bonchev–Trinajstić information content (AvgIpc) is 2.78. The lowest BCUT2D eigenvalue weighted by atomic mass is 10.1. The van der Waals surface area contributed by atoms with Crippen molar-refractivity contribution in [3.05, 3.63) is 62.1 Å². The van der Waals surface area contributed by atoms with E-state index in [1.807, 2.05) is 0 Å². The molecule has 2 aromatic carbocycles. The first-order valence-corrected chi connectivity index (χ1v) is 12.9. The molecular weight excluding hydrogens is 551 g/mol. The van der Waals surface area contributed by atoms with E-state index in [4.69, 9.17) is 45.2 Å². The molecule has 7 N–H and O–H groups in total. The maximum Gasteiger partial charge on any atom is 0.320 e. The number of hydrogen-bond donors (Lipinski definition) is 5. The summed E-state index contributed by atoms with van der Waals surface area (Å²) >= 11 is 12.0. The third-order valence-electron chi connectivity index (χ3n) is 5.03. The number of carbonyl (C=O) groups excluding carboxylic acids is 1. The van der Waals surface area contributed by atoms with Gasteiger partial charge in [-0.3, -0.25) is 30.0 Å². The fourth-order valence-electron chi connectivity index (χ4n) is 3.24. The molecule has 1 atom stereocenters. The Balaban J connectivity index is 2.29. The average molecular weight is 575 g/mol. The molecule has 0 fully saturated rings. The number of amides is 1. The van der Waals surface area contributed by atoms with Crippen molar-refractivity contribution in [2.24, 2.45) is 11.5 Å². The minimum absolute atomic E-state index is 0.00131. The van der Waals surface area contributed by atoms with Crippen LogP contribution in [0.4, 0.5) is 11.4 Å². The summed E-state index contributed by atoms with van der Waals surface area (Å²) in [5.74, 6) is -4.12. The zero-order valence-corrected chi connectivity index (χ0v) is 21.5. The zero-order chi connectivity index (χ0) is 27.9. The van der Waals surface area contributed by atoms with Gasteiger partial charge < -0.3 is 21.9 Å². The maximum atomic E-state index is 13.2. The second kappa shape index (κ2) is 12.7. The molecule has 0 aromatic heterocycles. The summed E-state index contributed by atoms with van der Waals surface area (Å²) in [5.41, 5.74) is 10.9. The summed E-state index contributed by atoms with van der Waals surface area (Å²) in [6.07, 6.45) is 0.00838. The van der Waals surface area contributed by atoms with E-state index in [1.54, 1.807) is 12.1 Å². The first kappa shape index (κ1) is 29.8. The lowest BCUT2D eigenvalue weighted by molar-refractivity contribution is -0.384. The molecule has 37 heavy (non-hydrogen) atoms. The van der Waals surface area contributed by atoms with Gasteiger partial charge in [0.1, 0.15) is 11.8 Å². The van der Waals surface area contributed by atoms with Crippen molar-refractivity contribution in [3.63, 3.8) is 0 Å². The molecule has 0 radical (unpaired) electrons. The molecular formula is C21H24Cl2N6O7S. The van der Waals surface area contributed by atoms with E-state index in [-0.39, 0.29) is 31.6 Å². The highest BCUT2D eigenvalue weighted by Gasteiger charge is 2.28. The molecule has 0 aliphatic carbocycles. The summed E-state index contributed by atoms with van der Waals surface area (Å²) in [4.78, 5) is 34.4. The number of hydrogen-bond acceptors (Lipinski definition) is 9. The molecule has 16 heteroatoms. The van der Waals surface area contributed by atoms with Gasteiger partial charge >= 0.3 is 5.97 Å². The standard InChI is InChI=1S/C21H24Cl2N6O7S/c22-13-6-12(7-14(23)8-13)10-27-17-9-15(29(33)34)3-4-18(17)37(35,36)11-19(30)28(21(25)26)5-1-2-16(24)20(31)32/h3-4,6-9,16,27H,1-2,5,10-11,24H2,(H3,25,26)(H,31,32). The molecule has 0 heterocycles. The predicted octanol–water partition coefficient (Wildman–Crippen LogP) is 2.20. The van der Waals surface area contributed by atoms with Gasteiger partial charge in [-0.2, -0.15) is 0 Å². The third-order valence-corrected chi connectivity index (χ3v) is 7.12. The van der Waals surface area contributed by atoms with Gasteiger partial charge in [0.15, 0.2) is 15.8 Å².